The van der Waals surface area contributed by atoms with Gasteiger partial charge in [0.05, 0.1) is 11.6 Å². The number of nitrogens with one attached hydrogen (secondary N) is 1. The van der Waals surface area contributed by atoms with Crippen molar-refractivity contribution in [2.45, 2.75) is 45.3 Å². The third kappa shape index (κ3) is 3.56. The molecule has 130 valence electrons. The second-order valence-electron chi connectivity index (χ2n) is 6.80. The standard InChI is InChI=1S/C19H27N3O2/c1-3-22-11-10-14-8-9-16(12-17(14)22)20-19(24)21(2)13-15-6-4-5-7-18(15)23/h8-12,15,18,23H,3-7,13H2,1-2H3,(H,20,24). The van der Waals surface area contributed by atoms with Crippen molar-refractivity contribution in [3.8, 4) is 0 Å². The number of nitrogens with zero attached hydrogens (tertiary/aromatic N) is 2. The lowest BCUT2D eigenvalue weighted by molar-refractivity contribution is 0.0575. The van der Waals surface area contributed by atoms with Crippen LogP contribution >= 0.6 is 0 Å². The average Bonchev–Trinajstić information content (AvgIpc) is 2.99. The van der Waals surface area contributed by atoms with Gasteiger partial charge in [0, 0.05) is 37.9 Å². The molecule has 2 unspecified atom stereocenters. The van der Waals surface area contributed by atoms with E-state index in [-0.39, 0.29) is 18.1 Å². The zero-order valence-corrected chi connectivity index (χ0v) is 14.5. The summed E-state index contributed by atoms with van der Waals surface area (Å²) in [6.07, 6.45) is 5.86. The third-order valence-corrected chi connectivity index (χ3v) is 5.09. The summed E-state index contributed by atoms with van der Waals surface area (Å²) in [5, 5.41) is 14.2. The van der Waals surface area contributed by atoms with Gasteiger partial charge in [0.2, 0.25) is 0 Å². The maximum Gasteiger partial charge on any atom is 0.321 e. The maximum atomic E-state index is 12.4. The number of urea groups is 1. The maximum absolute atomic E-state index is 12.4. The van der Waals surface area contributed by atoms with Crippen LogP contribution in [0.5, 0.6) is 0 Å². The third-order valence-electron chi connectivity index (χ3n) is 5.09. The molecular formula is C19H27N3O2. The minimum atomic E-state index is -0.279. The van der Waals surface area contributed by atoms with Crippen molar-refractivity contribution in [1.29, 1.82) is 0 Å². The Morgan fingerprint density at radius 2 is 2.12 bits per heavy atom. The molecule has 1 aliphatic rings. The summed E-state index contributed by atoms with van der Waals surface area (Å²) in [7, 11) is 1.80. The number of hydrogen-bond acceptors (Lipinski definition) is 2. The van der Waals surface area contributed by atoms with Crippen LogP contribution < -0.4 is 5.32 Å². The molecule has 5 nitrogen and oxygen atoms in total. The van der Waals surface area contributed by atoms with Gasteiger partial charge in [-0.3, -0.25) is 0 Å². The van der Waals surface area contributed by atoms with Crippen molar-refractivity contribution >= 4 is 22.6 Å². The largest absolute Gasteiger partial charge is 0.393 e. The number of aliphatic hydroxyl groups excluding tert-OH is 1. The van der Waals surface area contributed by atoms with Crippen LogP contribution in [0.2, 0.25) is 0 Å². The first-order valence-corrected chi connectivity index (χ1v) is 8.87. The van der Waals surface area contributed by atoms with Gasteiger partial charge in [0.25, 0.3) is 0 Å². The molecule has 0 saturated heterocycles. The highest BCUT2D eigenvalue weighted by molar-refractivity contribution is 5.92. The number of anilines is 1. The molecule has 0 spiro atoms. The molecule has 24 heavy (non-hydrogen) atoms. The molecule has 5 heteroatoms. The lowest BCUT2D eigenvalue weighted by Gasteiger charge is -2.31. The highest BCUT2D eigenvalue weighted by Crippen LogP contribution is 2.25. The number of aromatic nitrogens is 1. The fourth-order valence-electron chi connectivity index (χ4n) is 3.59. The molecular weight excluding hydrogens is 302 g/mol. The van der Waals surface area contributed by atoms with Gasteiger partial charge in [-0.2, -0.15) is 0 Å². The summed E-state index contributed by atoms with van der Waals surface area (Å²) < 4.78 is 2.16. The summed E-state index contributed by atoms with van der Waals surface area (Å²) in [6.45, 7) is 3.61. The van der Waals surface area contributed by atoms with Crippen molar-refractivity contribution in [2.24, 2.45) is 5.92 Å². The van der Waals surface area contributed by atoms with Crippen molar-refractivity contribution in [3.05, 3.63) is 30.5 Å². The predicted molar refractivity (Wildman–Crippen MR) is 97.2 cm³/mol. The van der Waals surface area contributed by atoms with Gasteiger partial charge in [0.1, 0.15) is 0 Å². The molecule has 0 bridgehead atoms. The number of carbonyl (C=O) groups is 1. The van der Waals surface area contributed by atoms with E-state index >= 15 is 0 Å². The van der Waals surface area contributed by atoms with E-state index in [1.165, 1.54) is 5.39 Å². The number of aryl methyl sites for hydroxylation is 1. The van der Waals surface area contributed by atoms with Gasteiger partial charge in [-0.05, 0) is 43.4 Å². The molecule has 2 aromatic rings. The first-order chi connectivity index (χ1) is 11.6. The van der Waals surface area contributed by atoms with E-state index in [1.807, 2.05) is 18.2 Å². The number of benzene rings is 1. The minimum absolute atomic E-state index is 0.123. The molecule has 2 amide bonds. The molecule has 0 aliphatic heterocycles. The van der Waals surface area contributed by atoms with Crippen LogP contribution in [-0.4, -0.2) is 40.3 Å². The number of hydrogen-bond donors (Lipinski definition) is 2. The van der Waals surface area contributed by atoms with Crippen LogP contribution in [0.15, 0.2) is 30.5 Å². The summed E-state index contributed by atoms with van der Waals surface area (Å²) in [5.74, 6) is 0.189. The first-order valence-electron chi connectivity index (χ1n) is 8.87. The Kier molecular flexibility index (Phi) is 5.09. The van der Waals surface area contributed by atoms with Gasteiger partial charge >= 0.3 is 6.03 Å². The normalized spacial score (nSPS) is 21.0. The Morgan fingerprint density at radius 1 is 1.33 bits per heavy atom. The number of fused-ring (bicyclic) bond motifs is 1. The summed E-state index contributed by atoms with van der Waals surface area (Å²) >= 11 is 0. The number of carbonyl (C=O) groups excluding carboxylic acids is 1. The lowest BCUT2D eigenvalue weighted by atomic mass is 9.86. The summed E-state index contributed by atoms with van der Waals surface area (Å²) in [5.41, 5.74) is 1.93. The highest BCUT2D eigenvalue weighted by Gasteiger charge is 2.25. The summed E-state index contributed by atoms with van der Waals surface area (Å²) in [6, 6.07) is 7.94. The average molecular weight is 329 g/mol. The molecule has 0 radical (unpaired) electrons. The van der Waals surface area contributed by atoms with Gasteiger partial charge in [-0.1, -0.05) is 18.9 Å². The Labute approximate surface area is 143 Å². The molecule has 1 aromatic heterocycles. The van der Waals surface area contributed by atoms with E-state index < -0.39 is 0 Å². The van der Waals surface area contributed by atoms with Gasteiger partial charge in [-0.25, -0.2) is 4.79 Å². The van der Waals surface area contributed by atoms with Crippen LogP contribution in [0.25, 0.3) is 10.9 Å². The van der Waals surface area contributed by atoms with E-state index in [0.717, 1.165) is 43.4 Å². The second-order valence-corrected chi connectivity index (χ2v) is 6.80. The van der Waals surface area contributed by atoms with E-state index in [4.69, 9.17) is 0 Å². The molecule has 1 saturated carbocycles. The van der Waals surface area contributed by atoms with Gasteiger partial charge in [0.15, 0.2) is 0 Å². The molecule has 2 N–H and O–H groups in total. The van der Waals surface area contributed by atoms with Crippen LogP contribution in [0.4, 0.5) is 10.5 Å². The smallest absolute Gasteiger partial charge is 0.321 e. The molecule has 3 rings (SSSR count). The Morgan fingerprint density at radius 3 is 2.88 bits per heavy atom. The van der Waals surface area contributed by atoms with Crippen LogP contribution in [0.1, 0.15) is 32.6 Å². The van der Waals surface area contributed by atoms with Crippen molar-refractivity contribution in [3.63, 3.8) is 0 Å². The fraction of sp³-hybridized carbons (Fsp3) is 0.526. The van der Waals surface area contributed by atoms with Crippen molar-refractivity contribution in [2.75, 3.05) is 18.9 Å². The molecule has 2 atom stereocenters. The molecule has 1 heterocycles. The van der Waals surface area contributed by atoms with Crippen LogP contribution in [0, 0.1) is 5.92 Å². The lowest BCUT2D eigenvalue weighted by Crippen LogP contribution is -2.40. The van der Waals surface area contributed by atoms with Crippen molar-refractivity contribution < 1.29 is 9.90 Å². The van der Waals surface area contributed by atoms with E-state index in [2.05, 4.69) is 29.1 Å². The fourth-order valence-corrected chi connectivity index (χ4v) is 3.59. The first kappa shape index (κ1) is 16.8. The van der Waals surface area contributed by atoms with E-state index in [9.17, 15) is 9.90 Å². The van der Waals surface area contributed by atoms with Gasteiger partial charge < -0.3 is 19.9 Å². The zero-order valence-electron chi connectivity index (χ0n) is 14.5. The van der Waals surface area contributed by atoms with E-state index in [1.54, 1.807) is 11.9 Å². The quantitative estimate of drug-likeness (QED) is 0.899. The minimum Gasteiger partial charge on any atom is -0.393 e. The highest BCUT2D eigenvalue weighted by atomic mass is 16.3. The number of amides is 2. The molecule has 1 aromatic carbocycles. The van der Waals surface area contributed by atoms with Crippen LogP contribution in [-0.2, 0) is 6.54 Å². The molecule has 1 aliphatic carbocycles. The topological polar surface area (TPSA) is 57.5 Å². The summed E-state index contributed by atoms with van der Waals surface area (Å²) in [4.78, 5) is 14.1. The Bertz CT molecular complexity index is 710. The van der Waals surface area contributed by atoms with Crippen LogP contribution in [0.3, 0.4) is 0 Å². The number of rotatable bonds is 4. The van der Waals surface area contributed by atoms with Crippen molar-refractivity contribution in [1.82, 2.24) is 9.47 Å². The predicted octanol–water partition coefficient (Wildman–Crippen LogP) is 3.68. The van der Waals surface area contributed by atoms with E-state index in [0.29, 0.717) is 6.54 Å². The second kappa shape index (κ2) is 7.26. The Balaban J connectivity index is 1.65. The number of aliphatic hydroxyl groups is 1. The SMILES string of the molecule is CCn1ccc2ccc(NC(=O)N(C)CC3CCCCC3O)cc21. The van der Waals surface area contributed by atoms with Gasteiger partial charge in [-0.15, -0.1) is 0 Å². The Hall–Kier alpha value is -2.01. The molecule has 1 fully saturated rings. The zero-order chi connectivity index (χ0) is 17.1. The monoisotopic (exact) mass is 329 g/mol.